The largest absolute Gasteiger partial charge is 0.379 e. The first-order chi connectivity index (χ1) is 9.84. The topological polar surface area (TPSA) is 44.8 Å². The van der Waals surface area contributed by atoms with Gasteiger partial charge in [-0.1, -0.05) is 0 Å². The fourth-order valence-electron chi connectivity index (χ4n) is 2.81. The van der Waals surface area contributed by atoms with Crippen molar-refractivity contribution in [3.05, 3.63) is 22.4 Å². The van der Waals surface area contributed by atoms with Crippen LogP contribution in [0.2, 0.25) is 0 Å². The van der Waals surface area contributed by atoms with Gasteiger partial charge in [0.05, 0.1) is 19.8 Å². The van der Waals surface area contributed by atoms with E-state index in [9.17, 15) is 4.79 Å². The summed E-state index contributed by atoms with van der Waals surface area (Å²) in [7, 11) is 0. The molecule has 2 fully saturated rings. The first kappa shape index (κ1) is 14.0. The lowest BCUT2D eigenvalue weighted by atomic mass is 10.2. The Labute approximate surface area is 123 Å². The van der Waals surface area contributed by atoms with Gasteiger partial charge in [0.2, 0.25) is 5.91 Å². The Morgan fingerprint density at radius 3 is 2.95 bits per heavy atom. The van der Waals surface area contributed by atoms with Crippen LogP contribution in [0, 0.1) is 0 Å². The number of nitrogens with zero attached hydrogens (tertiary/aromatic N) is 2. The zero-order chi connectivity index (χ0) is 13.8. The highest BCUT2D eigenvalue weighted by Crippen LogP contribution is 2.24. The third-order valence-electron chi connectivity index (χ3n) is 3.91. The minimum absolute atomic E-state index is 0.0680. The van der Waals surface area contributed by atoms with E-state index in [-0.39, 0.29) is 12.1 Å². The average molecular weight is 295 g/mol. The van der Waals surface area contributed by atoms with E-state index in [4.69, 9.17) is 4.74 Å². The van der Waals surface area contributed by atoms with Crippen LogP contribution in [0.3, 0.4) is 0 Å². The lowest BCUT2D eigenvalue weighted by Gasteiger charge is -2.28. The van der Waals surface area contributed by atoms with Crippen molar-refractivity contribution in [3.63, 3.8) is 0 Å². The first-order valence-electron chi connectivity index (χ1n) is 7.19. The molecule has 1 aromatic heterocycles. The maximum absolute atomic E-state index is 12.0. The third-order valence-corrected chi connectivity index (χ3v) is 4.62. The number of morpholine rings is 1. The van der Waals surface area contributed by atoms with Crippen molar-refractivity contribution in [2.24, 2.45) is 0 Å². The number of ether oxygens (including phenoxy) is 1. The van der Waals surface area contributed by atoms with Crippen molar-refractivity contribution in [2.75, 3.05) is 45.9 Å². The second kappa shape index (κ2) is 6.67. The molecule has 0 aromatic carbocycles. The first-order valence-corrected chi connectivity index (χ1v) is 8.14. The van der Waals surface area contributed by atoms with Crippen molar-refractivity contribution < 1.29 is 9.53 Å². The van der Waals surface area contributed by atoms with Crippen molar-refractivity contribution >= 4 is 17.2 Å². The van der Waals surface area contributed by atoms with Crippen LogP contribution in [-0.2, 0) is 9.53 Å². The number of carbonyl (C=O) groups is 1. The number of hydrogen-bond donors (Lipinski definition) is 1. The Balaban J connectivity index is 1.50. The van der Waals surface area contributed by atoms with Gasteiger partial charge in [-0.05, 0) is 28.8 Å². The van der Waals surface area contributed by atoms with E-state index in [0.717, 1.165) is 45.8 Å². The highest BCUT2D eigenvalue weighted by atomic mass is 32.1. The lowest BCUT2D eigenvalue weighted by Crippen LogP contribution is -2.39. The molecule has 0 saturated carbocycles. The van der Waals surface area contributed by atoms with E-state index in [1.165, 1.54) is 5.56 Å². The van der Waals surface area contributed by atoms with E-state index < -0.39 is 0 Å². The fourth-order valence-corrected chi connectivity index (χ4v) is 3.49. The summed E-state index contributed by atoms with van der Waals surface area (Å²) in [6, 6.07) is 2.09. The van der Waals surface area contributed by atoms with Crippen molar-refractivity contribution in [2.45, 2.75) is 12.6 Å². The van der Waals surface area contributed by atoms with Crippen molar-refractivity contribution in [3.8, 4) is 0 Å². The Kier molecular flexibility index (Phi) is 4.67. The number of rotatable bonds is 5. The molecule has 2 aliphatic heterocycles. The zero-order valence-corrected chi connectivity index (χ0v) is 12.4. The minimum Gasteiger partial charge on any atom is -0.379 e. The van der Waals surface area contributed by atoms with Gasteiger partial charge in [0.25, 0.3) is 0 Å². The van der Waals surface area contributed by atoms with Crippen LogP contribution in [0.5, 0.6) is 0 Å². The molecule has 1 atom stereocenters. The lowest BCUT2D eigenvalue weighted by molar-refractivity contribution is -0.128. The molecule has 1 unspecified atom stereocenters. The SMILES string of the molecule is O=C1CNC(c2ccsc2)N1CCCN1CCOCC1. The Hall–Kier alpha value is -0.950. The van der Waals surface area contributed by atoms with Crippen molar-refractivity contribution in [1.29, 1.82) is 0 Å². The smallest absolute Gasteiger partial charge is 0.238 e. The number of hydrogen-bond acceptors (Lipinski definition) is 5. The molecule has 1 aromatic rings. The predicted octanol–water partition coefficient (Wildman–Crippen LogP) is 0.901. The highest BCUT2D eigenvalue weighted by Gasteiger charge is 2.31. The van der Waals surface area contributed by atoms with Crippen LogP contribution in [0.25, 0.3) is 0 Å². The van der Waals surface area contributed by atoms with E-state index in [1.54, 1.807) is 11.3 Å². The number of carbonyl (C=O) groups excluding carboxylic acids is 1. The molecule has 2 aliphatic rings. The molecule has 1 N–H and O–H groups in total. The van der Waals surface area contributed by atoms with Gasteiger partial charge in [0.15, 0.2) is 0 Å². The number of amides is 1. The normalized spacial score (nSPS) is 24.5. The highest BCUT2D eigenvalue weighted by molar-refractivity contribution is 7.07. The summed E-state index contributed by atoms with van der Waals surface area (Å²) in [5.74, 6) is 0.211. The molecule has 0 aliphatic carbocycles. The molecule has 0 spiro atoms. The molecule has 0 radical (unpaired) electrons. The third kappa shape index (κ3) is 3.20. The summed E-state index contributed by atoms with van der Waals surface area (Å²) in [6.45, 7) is 6.02. The molecular formula is C14H21N3O2S. The van der Waals surface area contributed by atoms with Crippen LogP contribution in [0.1, 0.15) is 18.2 Å². The Bertz CT molecular complexity index is 432. The standard InChI is InChI=1S/C14H21N3O2S/c18-13-10-15-14(12-2-9-20-11-12)17(13)4-1-3-16-5-7-19-8-6-16/h2,9,11,14-15H,1,3-8,10H2. The van der Waals surface area contributed by atoms with E-state index in [2.05, 4.69) is 27.0 Å². The predicted molar refractivity (Wildman–Crippen MR) is 78.7 cm³/mol. The van der Waals surface area contributed by atoms with Gasteiger partial charge >= 0.3 is 0 Å². The fraction of sp³-hybridized carbons (Fsp3) is 0.643. The second-order valence-corrected chi connectivity index (χ2v) is 6.01. The van der Waals surface area contributed by atoms with Gasteiger partial charge in [-0.15, -0.1) is 0 Å². The van der Waals surface area contributed by atoms with Gasteiger partial charge < -0.3 is 9.64 Å². The van der Waals surface area contributed by atoms with Gasteiger partial charge in [-0.3, -0.25) is 15.0 Å². The van der Waals surface area contributed by atoms with Gasteiger partial charge in [-0.25, -0.2) is 0 Å². The van der Waals surface area contributed by atoms with Crippen LogP contribution < -0.4 is 5.32 Å². The summed E-state index contributed by atoms with van der Waals surface area (Å²) in [5, 5.41) is 7.47. The Morgan fingerprint density at radius 2 is 2.20 bits per heavy atom. The Morgan fingerprint density at radius 1 is 1.35 bits per heavy atom. The molecular weight excluding hydrogens is 274 g/mol. The quantitative estimate of drug-likeness (QED) is 0.877. The summed E-state index contributed by atoms with van der Waals surface area (Å²) >= 11 is 1.68. The summed E-state index contributed by atoms with van der Waals surface area (Å²) in [6.07, 6.45) is 1.09. The molecule has 5 nitrogen and oxygen atoms in total. The second-order valence-electron chi connectivity index (χ2n) is 5.23. The summed E-state index contributed by atoms with van der Waals surface area (Å²) < 4.78 is 5.35. The van der Waals surface area contributed by atoms with Gasteiger partial charge in [0.1, 0.15) is 6.17 Å². The van der Waals surface area contributed by atoms with Crippen LogP contribution in [0.15, 0.2) is 16.8 Å². The maximum Gasteiger partial charge on any atom is 0.238 e. The average Bonchev–Trinajstić information content (AvgIpc) is 3.11. The van der Waals surface area contributed by atoms with E-state index >= 15 is 0 Å². The molecule has 110 valence electrons. The summed E-state index contributed by atoms with van der Waals surface area (Å²) in [5.41, 5.74) is 1.20. The van der Waals surface area contributed by atoms with E-state index in [0.29, 0.717) is 6.54 Å². The van der Waals surface area contributed by atoms with E-state index in [1.807, 2.05) is 4.90 Å². The monoisotopic (exact) mass is 295 g/mol. The van der Waals surface area contributed by atoms with Crippen molar-refractivity contribution in [1.82, 2.24) is 15.1 Å². The maximum atomic E-state index is 12.0. The summed E-state index contributed by atoms with van der Waals surface area (Å²) in [4.78, 5) is 16.4. The van der Waals surface area contributed by atoms with Crippen LogP contribution in [-0.4, -0.2) is 61.6 Å². The van der Waals surface area contributed by atoms with Gasteiger partial charge in [0, 0.05) is 26.2 Å². The number of thiophene rings is 1. The van der Waals surface area contributed by atoms with Crippen LogP contribution in [0.4, 0.5) is 0 Å². The van der Waals surface area contributed by atoms with Crippen LogP contribution >= 0.6 is 11.3 Å². The molecule has 0 bridgehead atoms. The molecule has 2 saturated heterocycles. The minimum atomic E-state index is 0.0680. The molecule has 3 heterocycles. The molecule has 20 heavy (non-hydrogen) atoms. The molecule has 3 rings (SSSR count). The molecule has 1 amide bonds. The molecule has 6 heteroatoms. The number of nitrogens with one attached hydrogen (secondary N) is 1. The zero-order valence-electron chi connectivity index (χ0n) is 11.6. The van der Waals surface area contributed by atoms with Gasteiger partial charge in [-0.2, -0.15) is 11.3 Å².